The molecule has 1 N–H and O–H groups in total. The van der Waals surface area contributed by atoms with Crippen molar-refractivity contribution in [3.05, 3.63) is 44.7 Å². The van der Waals surface area contributed by atoms with Gasteiger partial charge in [-0.25, -0.2) is 9.78 Å². The number of ether oxygens (including phenoxy) is 1. The van der Waals surface area contributed by atoms with Crippen LogP contribution in [0.2, 0.25) is 5.02 Å². The van der Waals surface area contributed by atoms with Gasteiger partial charge in [0.1, 0.15) is 17.8 Å². The Bertz CT molecular complexity index is 1640. The van der Waals surface area contributed by atoms with E-state index < -0.39 is 29.3 Å². The lowest BCUT2D eigenvalue weighted by molar-refractivity contribution is -0.137. The number of hydrogen-bond donors (Lipinski definition) is 1. The van der Waals surface area contributed by atoms with Crippen LogP contribution in [0.15, 0.2) is 28.2 Å². The smallest absolute Gasteiger partial charge is 0.416 e. The van der Waals surface area contributed by atoms with Crippen LogP contribution in [0.25, 0.3) is 11.2 Å². The van der Waals surface area contributed by atoms with Gasteiger partial charge >= 0.3 is 12.3 Å². The van der Waals surface area contributed by atoms with E-state index in [1.54, 1.807) is 31.9 Å². The highest BCUT2D eigenvalue weighted by Crippen LogP contribution is 2.34. The minimum atomic E-state index is -4.59. The van der Waals surface area contributed by atoms with Crippen molar-refractivity contribution in [2.75, 3.05) is 36.1 Å². The fourth-order valence-corrected chi connectivity index (χ4v) is 5.49. The number of nitrogens with zero attached hydrogens (tertiary/aromatic N) is 6. The van der Waals surface area contributed by atoms with Gasteiger partial charge in [0.15, 0.2) is 11.2 Å². The molecule has 1 fully saturated rings. The van der Waals surface area contributed by atoms with E-state index in [0.717, 1.165) is 18.2 Å². The monoisotopic (exact) mass is 655 g/mol. The van der Waals surface area contributed by atoms with Crippen molar-refractivity contribution in [3.8, 4) is 0 Å². The molecule has 2 amide bonds. The number of thioether (sulfide) groups is 1. The van der Waals surface area contributed by atoms with Crippen LogP contribution >= 0.6 is 23.4 Å². The Hall–Kier alpha value is -3.59. The van der Waals surface area contributed by atoms with E-state index in [9.17, 15) is 27.6 Å². The normalized spacial score (nSPS) is 15.9. The second-order valence-electron chi connectivity index (χ2n) is 11.2. The SMILES string of the molecule is CCc1c(N2CCN(C(=O)OC(C)(C)C)C[C@@H]2C)c(=O)c2nc(SC)nnc2n1CC(=O)Nc1ccc(C(F)(F)F)cc1Cl. The van der Waals surface area contributed by atoms with Crippen molar-refractivity contribution in [2.45, 2.75) is 70.6 Å². The van der Waals surface area contributed by atoms with E-state index in [1.807, 2.05) is 18.7 Å². The molecule has 0 radical (unpaired) electrons. The first-order valence-electron chi connectivity index (χ1n) is 13.8. The largest absolute Gasteiger partial charge is 0.444 e. The molecule has 0 saturated carbocycles. The Morgan fingerprint density at radius 2 is 1.89 bits per heavy atom. The number of carbonyl (C=O) groups excluding carboxylic acids is 2. The summed E-state index contributed by atoms with van der Waals surface area (Å²) < 4.78 is 46.3. The van der Waals surface area contributed by atoms with E-state index in [1.165, 1.54) is 16.3 Å². The molecular formula is C28H33ClF3N7O4S. The van der Waals surface area contributed by atoms with Gasteiger partial charge in [-0.3, -0.25) is 9.59 Å². The van der Waals surface area contributed by atoms with E-state index in [-0.39, 0.29) is 45.0 Å². The minimum absolute atomic E-state index is 0.00550. The van der Waals surface area contributed by atoms with Gasteiger partial charge in [0.2, 0.25) is 16.5 Å². The molecule has 1 aliphatic heterocycles. The Morgan fingerprint density at radius 3 is 2.45 bits per heavy atom. The number of piperazine rings is 1. The molecule has 1 saturated heterocycles. The zero-order valence-electron chi connectivity index (χ0n) is 25.1. The van der Waals surface area contributed by atoms with Gasteiger partial charge in [-0.05, 0) is 58.6 Å². The number of alkyl halides is 3. The van der Waals surface area contributed by atoms with Crippen molar-refractivity contribution in [1.82, 2.24) is 24.6 Å². The molecule has 16 heteroatoms. The van der Waals surface area contributed by atoms with Crippen molar-refractivity contribution < 1.29 is 27.5 Å². The lowest BCUT2D eigenvalue weighted by Crippen LogP contribution is -2.56. The van der Waals surface area contributed by atoms with Crippen LogP contribution in [0, 0.1) is 0 Å². The quantitative estimate of drug-likeness (QED) is 0.356. The van der Waals surface area contributed by atoms with Gasteiger partial charge in [0.05, 0.1) is 16.3 Å². The van der Waals surface area contributed by atoms with Gasteiger partial charge in [0.25, 0.3) is 0 Å². The molecule has 0 unspecified atom stereocenters. The lowest BCUT2D eigenvalue weighted by atomic mass is 10.1. The number of amides is 2. The lowest BCUT2D eigenvalue weighted by Gasteiger charge is -2.42. The molecule has 2 aromatic heterocycles. The summed E-state index contributed by atoms with van der Waals surface area (Å²) in [6.45, 7) is 9.62. The van der Waals surface area contributed by atoms with E-state index in [2.05, 4.69) is 20.5 Å². The number of benzene rings is 1. The zero-order valence-corrected chi connectivity index (χ0v) is 26.7. The summed E-state index contributed by atoms with van der Waals surface area (Å²) in [4.78, 5) is 47.9. The van der Waals surface area contributed by atoms with E-state index in [4.69, 9.17) is 16.3 Å². The third kappa shape index (κ3) is 7.20. The highest BCUT2D eigenvalue weighted by atomic mass is 35.5. The predicted molar refractivity (Wildman–Crippen MR) is 162 cm³/mol. The average Bonchev–Trinajstić information content (AvgIpc) is 2.93. The fourth-order valence-electron chi connectivity index (χ4n) is 4.96. The Balaban J connectivity index is 1.73. The molecule has 1 atom stereocenters. The summed E-state index contributed by atoms with van der Waals surface area (Å²) in [6.07, 6.45) is -2.98. The number of fused-ring (bicyclic) bond motifs is 1. The van der Waals surface area contributed by atoms with Crippen LogP contribution in [0.1, 0.15) is 45.9 Å². The second-order valence-corrected chi connectivity index (χ2v) is 12.4. The zero-order chi connectivity index (χ0) is 32.6. The Kier molecular flexibility index (Phi) is 9.69. The van der Waals surface area contributed by atoms with Crippen LogP contribution in [0.5, 0.6) is 0 Å². The maximum absolute atomic E-state index is 14.0. The number of anilines is 2. The molecule has 3 heterocycles. The molecule has 3 aromatic rings. The molecule has 1 aromatic carbocycles. The van der Waals surface area contributed by atoms with E-state index in [0.29, 0.717) is 37.4 Å². The third-order valence-corrected chi connectivity index (χ3v) is 7.74. The molecule has 0 spiro atoms. The number of pyridine rings is 1. The minimum Gasteiger partial charge on any atom is -0.444 e. The Labute approximate surface area is 261 Å². The number of aromatic nitrogens is 4. The van der Waals surface area contributed by atoms with Gasteiger partial charge in [-0.2, -0.15) is 13.2 Å². The molecule has 44 heavy (non-hydrogen) atoms. The molecule has 1 aliphatic rings. The number of nitrogens with one attached hydrogen (secondary N) is 1. The van der Waals surface area contributed by atoms with Gasteiger partial charge in [-0.15, -0.1) is 10.2 Å². The highest BCUT2D eigenvalue weighted by molar-refractivity contribution is 7.98. The summed E-state index contributed by atoms with van der Waals surface area (Å²) >= 11 is 7.26. The van der Waals surface area contributed by atoms with Crippen molar-refractivity contribution in [2.24, 2.45) is 0 Å². The van der Waals surface area contributed by atoms with Gasteiger partial charge < -0.3 is 24.4 Å². The van der Waals surface area contributed by atoms with Gasteiger partial charge in [0, 0.05) is 31.4 Å². The van der Waals surface area contributed by atoms with Crippen LogP contribution in [-0.4, -0.2) is 74.2 Å². The summed E-state index contributed by atoms with van der Waals surface area (Å²) in [5.41, 5.74) is -1.09. The van der Waals surface area contributed by atoms with Crippen molar-refractivity contribution in [3.63, 3.8) is 0 Å². The molecule has 0 aliphatic carbocycles. The standard InChI is InChI=1S/C28H33ClF3N7O4S/c1-7-19-22(38-11-10-37(13-15(38)2)26(42)43-27(3,4)5)23(41)21-24(35-36-25(34-21)44-6)39(19)14-20(40)33-18-9-8-16(12-17(18)29)28(30,31)32/h8-9,12,15H,7,10-11,13-14H2,1-6H3,(H,33,40)/t15-/m0/s1. The van der Waals surface area contributed by atoms with Crippen LogP contribution < -0.4 is 15.6 Å². The van der Waals surface area contributed by atoms with E-state index >= 15 is 0 Å². The third-order valence-electron chi connectivity index (χ3n) is 6.89. The Morgan fingerprint density at radius 1 is 1.18 bits per heavy atom. The predicted octanol–water partition coefficient (Wildman–Crippen LogP) is 5.23. The number of halogens is 4. The van der Waals surface area contributed by atoms with Crippen molar-refractivity contribution >= 4 is 57.9 Å². The number of hydrogen-bond acceptors (Lipinski definition) is 9. The van der Waals surface area contributed by atoms with Crippen molar-refractivity contribution in [1.29, 1.82) is 0 Å². The number of rotatable bonds is 6. The maximum atomic E-state index is 14.0. The summed E-state index contributed by atoms with van der Waals surface area (Å²) in [5, 5.41) is 10.8. The fraction of sp³-hybridized carbons (Fsp3) is 0.500. The molecule has 238 valence electrons. The maximum Gasteiger partial charge on any atom is 0.416 e. The second kappa shape index (κ2) is 12.8. The number of carbonyl (C=O) groups is 2. The summed E-state index contributed by atoms with van der Waals surface area (Å²) in [6, 6.07) is 2.34. The first-order valence-corrected chi connectivity index (χ1v) is 15.4. The summed E-state index contributed by atoms with van der Waals surface area (Å²) in [5.74, 6) is -0.615. The topological polar surface area (TPSA) is 123 Å². The van der Waals surface area contributed by atoms with Crippen LogP contribution in [-0.2, 0) is 28.7 Å². The molecular weight excluding hydrogens is 623 g/mol. The van der Waals surface area contributed by atoms with Gasteiger partial charge in [-0.1, -0.05) is 30.3 Å². The van der Waals surface area contributed by atoms with Crippen LogP contribution in [0.3, 0.4) is 0 Å². The highest BCUT2D eigenvalue weighted by Gasteiger charge is 2.34. The molecule has 0 bridgehead atoms. The first kappa shape index (κ1) is 33.3. The molecule has 11 nitrogen and oxygen atoms in total. The first-order chi connectivity index (χ1) is 20.5. The van der Waals surface area contributed by atoms with Crippen LogP contribution in [0.4, 0.5) is 29.3 Å². The average molecular weight is 656 g/mol. The molecule has 4 rings (SSSR count). The summed E-state index contributed by atoms with van der Waals surface area (Å²) in [7, 11) is 0.